The van der Waals surface area contributed by atoms with Gasteiger partial charge < -0.3 is 9.67 Å². The van der Waals surface area contributed by atoms with Crippen LogP contribution in [0.4, 0.5) is 0 Å². The van der Waals surface area contributed by atoms with Gasteiger partial charge in [0.05, 0.1) is 11.6 Å². The Morgan fingerprint density at radius 3 is 2.67 bits per heavy atom. The molecular weight excluding hydrogens is 338 g/mol. The maximum Gasteiger partial charge on any atom is 0.324 e. The molecule has 3 rings (SSSR count). The second kappa shape index (κ2) is 7.01. The van der Waals surface area contributed by atoms with Gasteiger partial charge in [-0.3, -0.25) is 9.69 Å². The monoisotopic (exact) mass is 367 g/mol. The minimum atomic E-state index is -0.801. The van der Waals surface area contributed by atoms with Crippen molar-refractivity contribution in [3.05, 3.63) is 35.5 Å². The third-order valence-corrected chi connectivity index (χ3v) is 5.93. The number of aliphatic carboxylic acids is 1. The Bertz CT molecular complexity index is 901. The number of likely N-dealkylation sites (tertiary alicyclic amines) is 1. The summed E-state index contributed by atoms with van der Waals surface area (Å²) in [5, 5.41) is 20.4. The Balaban J connectivity index is 1.95. The molecule has 1 N–H and O–H groups in total. The molecule has 1 aliphatic rings. The van der Waals surface area contributed by atoms with Crippen molar-refractivity contribution < 1.29 is 9.90 Å². The molecule has 0 amide bonds. The normalized spacial score (nSPS) is 20.9. The highest BCUT2D eigenvalue weighted by Crippen LogP contribution is 2.39. The first-order valence-electron chi connectivity index (χ1n) is 9.76. The van der Waals surface area contributed by atoms with Crippen LogP contribution in [0, 0.1) is 11.3 Å². The number of benzene rings is 1. The van der Waals surface area contributed by atoms with Crippen molar-refractivity contribution in [2.45, 2.75) is 71.0 Å². The van der Waals surface area contributed by atoms with Gasteiger partial charge in [-0.25, -0.2) is 0 Å². The SMILES string of the molecule is CCn1c(CC[C@]2(C(=O)O)CCCN2C(C)(C)C)cc2ccc(C#N)cc21. The molecule has 0 saturated carbocycles. The number of carboxylic acid groups (broad SMARTS) is 1. The van der Waals surface area contributed by atoms with Gasteiger partial charge in [-0.1, -0.05) is 6.07 Å². The lowest BCUT2D eigenvalue weighted by Crippen LogP contribution is -2.58. The number of hydrogen-bond acceptors (Lipinski definition) is 3. The largest absolute Gasteiger partial charge is 0.480 e. The predicted octanol–water partition coefficient (Wildman–Crippen LogP) is 4.18. The molecule has 1 aliphatic heterocycles. The maximum absolute atomic E-state index is 12.3. The highest BCUT2D eigenvalue weighted by atomic mass is 16.4. The minimum Gasteiger partial charge on any atom is -0.480 e. The van der Waals surface area contributed by atoms with Gasteiger partial charge in [0.15, 0.2) is 0 Å². The zero-order valence-corrected chi connectivity index (χ0v) is 16.7. The van der Waals surface area contributed by atoms with Gasteiger partial charge in [-0.15, -0.1) is 0 Å². The fourth-order valence-corrected chi connectivity index (χ4v) is 4.74. The van der Waals surface area contributed by atoms with E-state index in [4.69, 9.17) is 0 Å². The fraction of sp³-hybridized carbons (Fsp3) is 0.545. The van der Waals surface area contributed by atoms with Gasteiger partial charge in [0, 0.05) is 23.3 Å². The van der Waals surface area contributed by atoms with E-state index in [0.717, 1.165) is 36.1 Å². The van der Waals surface area contributed by atoms with Crippen LogP contribution in [0.3, 0.4) is 0 Å². The van der Waals surface area contributed by atoms with E-state index >= 15 is 0 Å². The smallest absolute Gasteiger partial charge is 0.324 e. The first-order valence-corrected chi connectivity index (χ1v) is 9.76. The molecule has 1 saturated heterocycles. The fourth-order valence-electron chi connectivity index (χ4n) is 4.74. The highest BCUT2D eigenvalue weighted by molar-refractivity contribution is 5.83. The molecule has 1 atom stereocenters. The summed E-state index contributed by atoms with van der Waals surface area (Å²) in [6.45, 7) is 10.0. The van der Waals surface area contributed by atoms with Gasteiger partial charge >= 0.3 is 5.97 Å². The number of nitrogens with zero attached hydrogens (tertiary/aromatic N) is 3. The Morgan fingerprint density at radius 2 is 2.07 bits per heavy atom. The Morgan fingerprint density at radius 1 is 1.33 bits per heavy atom. The number of hydrogen-bond donors (Lipinski definition) is 1. The van der Waals surface area contributed by atoms with Gasteiger partial charge in [0.1, 0.15) is 5.54 Å². The summed E-state index contributed by atoms with van der Waals surface area (Å²) in [7, 11) is 0. The Labute approximate surface area is 161 Å². The van der Waals surface area contributed by atoms with Crippen molar-refractivity contribution in [2.24, 2.45) is 0 Å². The maximum atomic E-state index is 12.3. The summed E-state index contributed by atoms with van der Waals surface area (Å²) in [4.78, 5) is 14.5. The van der Waals surface area contributed by atoms with Gasteiger partial charge in [-0.2, -0.15) is 5.26 Å². The van der Waals surface area contributed by atoms with Crippen LogP contribution in [-0.2, 0) is 17.8 Å². The summed E-state index contributed by atoms with van der Waals surface area (Å²) in [5.74, 6) is -0.708. The zero-order valence-electron chi connectivity index (χ0n) is 16.7. The molecule has 27 heavy (non-hydrogen) atoms. The van der Waals surface area contributed by atoms with E-state index < -0.39 is 11.5 Å². The van der Waals surface area contributed by atoms with Crippen LogP contribution < -0.4 is 0 Å². The van der Waals surface area contributed by atoms with E-state index in [1.54, 1.807) is 0 Å². The van der Waals surface area contributed by atoms with Crippen LogP contribution in [0.1, 0.15) is 58.2 Å². The van der Waals surface area contributed by atoms with Crippen molar-refractivity contribution in [3.63, 3.8) is 0 Å². The molecule has 1 aromatic heterocycles. The van der Waals surface area contributed by atoms with Crippen LogP contribution in [0.25, 0.3) is 10.9 Å². The van der Waals surface area contributed by atoms with Crippen LogP contribution in [0.15, 0.2) is 24.3 Å². The first kappa shape index (κ1) is 19.4. The van der Waals surface area contributed by atoms with E-state index in [1.807, 2.05) is 18.2 Å². The average molecular weight is 367 g/mol. The van der Waals surface area contributed by atoms with E-state index in [0.29, 0.717) is 24.8 Å². The second-order valence-electron chi connectivity index (χ2n) is 8.53. The molecule has 1 aromatic carbocycles. The molecular formula is C22H29N3O2. The molecule has 1 fully saturated rings. The quantitative estimate of drug-likeness (QED) is 0.860. The molecule has 0 spiro atoms. The van der Waals surface area contributed by atoms with Crippen LogP contribution >= 0.6 is 0 Å². The molecule has 2 aromatic rings. The second-order valence-corrected chi connectivity index (χ2v) is 8.53. The number of aromatic nitrogens is 1. The molecule has 144 valence electrons. The number of nitriles is 1. The predicted molar refractivity (Wildman–Crippen MR) is 107 cm³/mol. The van der Waals surface area contributed by atoms with E-state index in [-0.39, 0.29) is 5.54 Å². The van der Waals surface area contributed by atoms with E-state index in [2.05, 4.69) is 49.3 Å². The minimum absolute atomic E-state index is 0.173. The Kier molecular flexibility index (Phi) is 5.05. The summed E-state index contributed by atoms with van der Waals surface area (Å²) >= 11 is 0. The molecule has 0 radical (unpaired) electrons. The highest BCUT2D eigenvalue weighted by Gasteiger charge is 2.51. The number of rotatable bonds is 5. The van der Waals surface area contributed by atoms with Crippen molar-refractivity contribution in [3.8, 4) is 6.07 Å². The lowest BCUT2D eigenvalue weighted by molar-refractivity contribution is -0.153. The molecule has 5 nitrogen and oxygen atoms in total. The number of carbonyl (C=O) groups is 1. The van der Waals surface area contributed by atoms with Crippen LogP contribution in [0.5, 0.6) is 0 Å². The van der Waals surface area contributed by atoms with E-state index in [9.17, 15) is 15.2 Å². The summed E-state index contributed by atoms with van der Waals surface area (Å²) in [6.07, 6.45) is 2.93. The number of aryl methyl sites for hydroxylation is 2. The van der Waals surface area contributed by atoms with E-state index in [1.165, 1.54) is 0 Å². The standard InChI is InChI=1S/C22H29N3O2/c1-5-24-18(14-17-8-7-16(15-23)13-19(17)24)9-11-22(20(26)27)10-6-12-25(22)21(2,3)4/h7-8,13-14H,5-6,9-12H2,1-4H3,(H,26,27)/t22-/m0/s1. The van der Waals surface area contributed by atoms with Crippen LogP contribution in [0.2, 0.25) is 0 Å². The Hall–Kier alpha value is -2.32. The number of fused-ring (bicyclic) bond motifs is 1. The third kappa shape index (κ3) is 3.35. The first-order chi connectivity index (χ1) is 12.7. The average Bonchev–Trinajstić information content (AvgIpc) is 3.20. The molecule has 0 aliphatic carbocycles. The van der Waals surface area contributed by atoms with Crippen LogP contribution in [-0.4, -0.2) is 38.2 Å². The van der Waals surface area contributed by atoms with Crippen molar-refractivity contribution >= 4 is 16.9 Å². The van der Waals surface area contributed by atoms with Gasteiger partial charge in [-0.05, 0) is 83.5 Å². The van der Waals surface area contributed by atoms with Crippen molar-refractivity contribution in [1.29, 1.82) is 5.26 Å². The number of carboxylic acids is 1. The van der Waals surface area contributed by atoms with Crippen molar-refractivity contribution in [1.82, 2.24) is 9.47 Å². The zero-order chi connectivity index (χ0) is 19.8. The lowest BCUT2D eigenvalue weighted by atomic mass is 9.86. The summed E-state index contributed by atoms with van der Waals surface area (Å²) < 4.78 is 2.21. The van der Waals surface area contributed by atoms with Gasteiger partial charge in [0.2, 0.25) is 0 Å². The molecule has 5 heteroatoms. The lowest BCUT2D eigenvalue weighted by Gasteiger charge is -2.43. The summed E-state index contributed by atoms with van der Waals surface area (Å²) in [5.41, 5.74) is 1.87. The molecule has 0 bridgehead atoms. The topological polar surface area (TPSA) is 69.3 Å². The molecule has 0 unspecified atom stereocenters. The molecule has 2 heterocycles. The van der Waals surface area contributed by atoms with Crippen molar-refractivity contribution in [2.75, 3.05) is 6.54 Å². The van der Waals surface area contributed by atoms with Gasteiger partial charge in [0.25, 0.3) is 0 Å². The third-order valence-electron chi connectivity index (χ3n) is 5.93. The summed E-state index contributed by atoms with van der Waals surface area (Å²) in [6, 6.07) is 10.1.